The van der Waals surface area contributed by atoms with Crippen LogP contribution in [0.15, 0.2) is 77.7 Å². The Morgan fingerprint density at radius 1 is 0.909 bits per heavy atom. The molecule has 0 aromatic heterocycles. The summed E-state index contributed by atoms with van der Waals surface area (Å²) in [5, 5.41) is 24.9. The van der Waals surface area contributed by atoms with Gasteiger partial charge in [0.2, 0.25) is 5.91 Å². The zero-order valence-corrected chi connectivity index (χ0v) is 18.2. The second kappa shape index (κ2) is 10.4. The Bertz CT molecular complexity index is 1230. The number of carbonyl (C=O) groups excluding carboxylic acids is 2. The number of thioether (sulfide) groups is 1. The van der Waals surface area contributed by atoms with Gasteiger partial charge in [0.1, 0.15) is 0 Å². The number of carbonyl (C=O) groups is 3. The van der Waals surface area contributed by atoms with Crippen LogP contribution in [0.25, 0.3) is 0 Å². The molecule has 1 unspecified atom stereocenters. The number of carboxylic acids is 1. The van der Waals surface area contributed by atoms with E-state index < -0.39 is 22.0 Å². The van der Waals surface area contributed by atoms with Crippen molar-refractivity contribution in [2.45, 2.75) is 17.1 Å². The molecule has 3 N–H and O–H groups in total. The third-order valence-corrected chi connectivity index (χ3v) is 5.56. The van der Waals surface area contributed by atoms with Crippen molar-refractivity contribution in [2.24, 2.45) is 0 Å². The number of nitro benzene ring substituents is 1. The summed E-state index contributed by atoms with van der Waals surface area (Å²) in [4.78, 5) is 47.1. The Labute approximate surface area is 193 Å². The third kappa shape index (κ3) is 6.40. The summed E-state index contributed by atoms with van der Waals surface area (Å²) >= 11 is 1.26. The maximum absolute atomic E-state index is 12.5. The molecule has 0 fully saturated rings. The van der Waals surface area contributed by atoms with Crippen LogP contribution < -0.4 is 10.6 Å². The van der Waals surface area contributed by atoms with E-state index in [1.165, 1.54) is 48.2 Å². The first kappa shape index (κ1) is 23.5. The summed E-state index contributed by atoms with van der Waals surface area (Å²) in [6, 6.07) is 18.2. The van der Waals surface area contributed by atoms with E-state index >= 15 is 0 Å². The molecule has 0 spiro atoms. The number of amides is 2. The maximum atomic E-state index is 12.5. The normalized spacial score (nSPS) is 11.3. The van der Waals surface area contributed by atoms with Crippen LogP contribution in [-0.4, -0.2) is 33.1 Å². The number of hydrogen-bond donors (Lipinski definition) is 3. The van der Waals surface area contributed by atoms with Gasteiger partial charge in [0.15, 0.2) is 0 Å². The highest BCUT2D eigenvalue weighted by molar-refractivity contribution is 8.00. The molecule has 0 radical (unpaired) electrons. The van der Waals surface area contributed by atoms with Gasteiger partial charge in [0.05, 0.1) is 15.7 Å². The van der Waals surface area contributed by atoms with Gasteiger partial charge < -0.3 is 15.7 Å². The molecule has 33 heavy (non-hydrogen) atoms. The highest BCUT2D eigenvalue weighted by Crippen LogP contribution is 2.27. The summed E-state index contributed by atoms with van der Waals surface area (Å²) in [6.07, 6.45) is 0. The van der Waals surface area contributed by atoms with E-state index in [0.29, 0.717) is 16.3 Å². The number of nitrogens with one attached hydrogen (secondary N) is 2. The molecule has 0 heterocycles. The van der Waals surface area contributed by atoms with Gasteiger partial charge >= 0.3 is 5.97 Å². The highest BCUT2D eigenvalue weighted by atomic mass is 32.2. The van der Waals surface area contributed by atoms with Crippen molar-refractivity contribution in [1.29, 1.82) is 0 Å². The molecule has 3 aromatic rings. The van der Waals surface area contributed by atoms with E-state index in [0.717, 1.165) is 0 Å². The molecule has 3 aromatic carbocycles. The molecule has 9 nitrogen and oxygen atoms in total. The third-order valence-electron chi connectivity index (χ3n) is 4.47. The predicted octanol–water partition coefficient (Wildman–Crippen LogP) is 4.66. The molecule has 2 amide bonds. The lowest BCUT2D eigenvalue weighted by Crippen LogP contribution is -2.22. The van der Waals surface area contributed by atoms with Crippen molar-refractivity contribution in [3.63, 3.8) is 0 Å². The van der Waals surface area contributed by atoms with Crippen molar-refractivity contribution in [3.8, 4) is 0 Å². The number of nitro groups is 1. The molecule has 0 aliphatic carbocycles. The summed E-state index contributed by atoms with van der Waals surface area (Å²) in [6.45, 7) is 1.70. The van der Waals surface area contributed by atoms with Gasteiger partial charge in [-0.1, -0.05) is 18.2 Å². The lowest BCUT2D eigenvalue weighted by Gasteiger charge is -2.13. The van der Waals surface area contributed by atoms with Crippen LogP contribution in [0.3, 0.4) is 0 Å². The maximum Gasteiger partial charge on any atom is 0.335 e. The van der Waals surface area contributed by atoms with Crippen LogP contribution in [0, 0.1) is 10.1 Å². The number of hydrogen-bond acceptors (Lipinski definition) is 6. The molecule has 3 rings (SSSR count). The molecular weight excluding hydrogens is 446 g/mol. The van der Waals surface area contributed by atoms with Gasteiger partial charge in [-0.3, -0.25) is 19.7 Å². The van der Waals surface area contributed by atoms with E-state index in [9.17, 15) is 24.5 Å². The molecule has 0 aliphatic heterocycles. The zero-order chi connectivity index (χ0) is 24.0. The SMILES string of the molecule is CC(Sc1cccc(NC(=O)c2cccc([N+](=O)[O-])c2)c1)C(=O)Nc1cccc(C(=O)O)c1. The second-order valence-corrected chi connectivity index (χ2v) is 8.34. The van der Waals surface area contributed by atoms with Crippen molar-refractivity contribution in [3.05, 3.63) is 94.0 Å². The lowest BCUT2D eigenvalue weighted by molar-refractivity contribution is -0.384. The number of benzene rings is 3. The van der Waals surface area contributed by atoms with Gasteiger partial charge in [-0.25, -0.2) is 4.79 Å². The van der Waals surface area contributed by atoms with Crippen LogP contribution in [0.4, 0.5) is 17.1 Å². The summed E-state index contributed by atoms with van der Waals surface area (Å²) in [7, 11) is 0. The quantitative estimate of drug-likeness (QED) is 0.250. The number of nitrogens with zero attached hydrogens (tertiary/aromatic N) is 1. The van der Waals surface area contributed by atoms with E-state index in [1.54, 1.807) is 43.3 Å². The Hall–Kier alpha value is -4.18. The van der Waals surface area contributed by atoms with E-state index in [4.69, 9.17) is 5.11 Å². The van der Waals surface area contributed by atoms with Gasteiger partial charge in [-0.05, 0) is 49.4 Å². The first-order valence-electron chi connectivity index (χ1n) is 9.69. The zero-order valence-electron chi connectivity index (χ0n) is 17.3. The molecule has 0 bridgehead atoms. The Morgan fingerprint density at radius 3 is 2.24 bits per heavy atom. The van der Waals surface area contributed by atoms with Crippen molar-refractivity contribution < 1.29 is 24.4 Å². The van der Waals surface area contributed by atoms with E-state index in [1.807, 2.05) is 0 Å². The van der Waals surface area contributed by atoms with Gasteiger partial charge in [0, 0.05) is 34.0 Å². The molecule has 0 aliphatic rings. The van der Waals surface area contributed by atoms with Crippen molar-refractivity contribution >= 4 is 46.6 Å². The fourth-order valence-corrected chi connectivity index (χ4v) is 3.77. The number of anilines is 2. The first-order chi connectivity index (χ1) is 15.7. The van der Waals surface area contributed by atoms with Crippen molar-refractivity contribution in [1.82, 2.24) is 0 Å². The highest BCUT2D eigenvalue weighted by Gasteiger charge is 2.16. The van der Waals surface area contributed by atoms with Crippen LogP contribution in [-0.2, 0) is 4.79 Å². The Kier molecular flexibility index (Phi) is 7.42. The van der Waals surface area contributed by atoms with Gasteiger partial charge in [-0.2, -0.15) is 0 Å². The lowest BCUT2D eigenvalue weighted by atomic mass is 10.2. The smallest absolute Gasteiger partial charge is 0.335 e. The minimum Gasteiger partial charge on any atom is -0.478 e. The minimum atomic E-state index is -1.09. The van der Waals surface area contributed by atoms with Gasteiger partial charge in [-0.15, -0.1) is 11.8 Å². The molecule has 1 atom stereocenters. The minimum absolute atomic E-state index is 0.0697. The van der Waals surface area contributed by atoms with Crippen LogP contribution in [0.2, 0.25) is 0 Å². The largest absolute Gasteiger partial charge is 0.478 e. The van der Waals surface area contributed by atoms with Crippen LogP contribution in [0.1, 0.15) is 27.6 Å². The average Bonchev–Trinajstić information content (AvgIpc) is 2.79. The molecule has 0 saturated heterocycles. The van der Waals surface area contributed by atoms with E-state index in [2.05, 4.69) is 10.6 Å². The Morgan fingerprint density at radius 2 is 1.55 bits per heavy atom. The molecule has 0 saturated carbocycles. The number of non-ortho nitro benzene ring substituents is 1. The topological polar surface area (TPSA) is 139 Å². The molecular formula is C23H19N3O6S. The first-order valence-corrected chi connectivity index (χ1v) is 10.6. The standard InChI is InChI=1S/C23H19N3O6S/c1-14(21(27)24-17-7-2-6-16(11-17)23(29)30)33-20-10-4-8-18(13-20)25-22(28)15-5-3-9-19(12-15)26(31)32/h2-14H,1H3,(H,24,27)(H,25,28)(H,29,30). The number of rotatable bonds is 8. The molecule has 10 heteroatoms. The fourth-order valence-electron chi connectivity index (χ4n) is 2.84. The summed E-state index contributed by atoms with van der Waals surface area (Å²) < 4.78 is 0. The van der Waals surface area contributed by atoms with Crippen molar-refractivity contribution in [2.75, 3.05) is 10.6 Å². The van der Waals surface area contributed by atoms with E-state index in [-0.39, 0.29) is 22.7 Å². The summed E-state index contributed by atoms with van der Waals surface area (Å²) in [5.74, 6) is -1.89. The second-order valence-electron chi connectivity index (χ2n) is 6.92. The fraction of sp³-hybridized carbons (Fsp3) is 0.0870. The predicted molar refractivity (Wildman–Crippen MR) is 125 cm³/mol. The molecule has 168 valence electrons. The van der Waals surface area contributed by atoms with Crippen LogP contribution in [0.5, 0.6) is 0 Å². The number of carboxylic acid groups (broad SMARTS) is 1. The summed E-state index contributed by atoms with van der Waals surface area (Å²) in [5.41, 5.74) is 0.892. The Balaban J connectivity index is 1.64. The monoisotopic (exact) mass is 465 g/mol. The van der Waals surface area contributed by atoms with Gasteiger partial charge in [0.25, 0.3) is 11.6 Å². The average molecular weight is 465 g/mol. The number of aromatic carboxylic acids is 1. The van der Waals surface area contributed by atoms with Crippen LogP contribution >= 0.6 is 11.8 Å².